The summed E-state index contributed by atoms with van der Waals surface area (Å²) in [6.45, 7) is 4.52. The number of hydrogen-bond donors (Lipinski definition) is 0. The molecule has 0 unspecified atom stereocenters. The molecule has 1 saturated heterocycles. The Bertz CT molecular complexity index is 1020. The largest absolute Gasteiger partial charge is 0.337 e. The highest BCUT2D eigenvalue weighted by molar-refractivity contribution is 6.36. The van der Waals surface area contributed by atoms with E-state index in [1.807, 2.05) is 9.80 Å². The van der Waals surface area contributed by atoms with Crippen molar-refractivity contribution in [2.45, 2.75) is 38.6 Å². The summed E-state index contributed by atoms with van der Waals surface area (Å²) in [6, 6.07) is 11.3. The summed E-state index contributed by atoms with van der Waals surface area (Å²) in [6.07, 6.45) is 5.31. The molecular weight excluding hydrogens is 488 g/mol. The van der Waals surface area contributed by atoms with Crippen molar-refractivity contribution in [1.82, 2.24) is 14.7 Å². The highest BCUT2D eigenvalue weighted by Crippen LogP contribution is 2.26. The molecule has 1 aliphatic carbocycles. The van der Waals surface area contributed by atoms with Crippen molar-refractivity contribution in [3.05, 3.63) is 69.5 Å². The van der Waals surface area contributed by atoms with Gasteiger partial charge in [-0.15, -0.1) is 0 Å². The molecule has 8 heteroatoms. The Morgan fingerprint density at radius 2 is 1.63 bits per heavy atom. The standard InChI is InChI=1S/C27H32Cl2FN3O2/c28-22-8-11-24(25(29)18-22)27(35)32-15-12-31(13-16-32)14-17-33(19-20-6-9-23(30)10-7-20)26(34)21-4-2-1-3-5-21/h6-11,18,21H,1-5,12-17,19H2. The average molecular weight is 520 g/mol. The Hall–Kier alpha value is -2.15. The second kappa shape index (κ2) is 12.2. The number of benzene rings is 2. The molecule has 5 nitrogen and oxygen atoms in total. The number of rotatable bonds is 7. The molecule has 188 valence electrons. The number of nitrogens with zero attached hydrogens (tertiary/aromatic N) is 3. The zero-order valence-corrected chi connectivity index (χ0v) is 21.4. The summed E-state index contributed by atoms with van der Waals surface area (Å²) in [5.74, 6) is -0.0639. The summed E-state index contributed by atoms with van der Waals surface area (Å²) in [4.78, 5) is 32.3. The first-order valence-electron chi connectivity index (χ1n) is 12.4. The van der Waals surface area contributed by atoms with Crippen LogP contribution in [-0.4, -0.2) is 65.8 Å². The Labute approximate surface area is 216 Å². The van der Waals surface area contributed by atoms with Crippen LogP contribution in [0.5, 0.6) is 0 Å². The Kier molecular flexibility index (Phi) is 9.04. The van der Waals surface area contributed by atoms with E-state index in [1.165, 1.54) is 18.6 Å². The second-order valence-electron chi connectivity index (χ2n) is 9.48. The van der Waals surface area contributed by atoms with Crippen LogP contribution < -0.4 is 0 Å². The molecule has 2 aromatic carbocycles. The van der Waals surface area contributed by atoms with Crippen molar-refractivity contribution in [2.24, 2.45) is 5.92 Å². The molecule has 0 atom stereocenters. The molecule has 2 aromatic rings. The minimum absolute atomic E-state index is 0.0859. The lowest BCUT2D eigenvalue weighted by atomic mass is 9.88. The van der Waals surface area contributed by atoms with E-state index >= 15 is 0 Å². The summed E-state index contributed by atoms with van der Waals surface area (Å²) in [5, 5.41) is 0.868. The van der Waals surface area contributed by atoms with Crippen LogP contribution in [-0.2, 0) is 11.3 Å². The lowest BCUT2D eigenvalue weighted by Crippen LogP contribution is -2.51. The van der Waals surface area contributed by atoms with E-state index in [2.05, 4.69) is 4.90 Å². The fourth-order valence-electron chi connectivity index (χ4n) is 4.96. The summed E-state index contributed by atoms with van der Waals surface area (Å²) in [5.41, 5.74) is 1.40. The summed E-state index contributed by atoms with van der Waals surface area (Å²) in [7, 11) is 0. The van der Waals surface area contributed by atoms with Gasteiger partial charge >= 0.3 is 0 Å². The van der Waals surface area contributed by atoms with Crippen molar-refractivity contribution in [3.63, 3.8) is 0 Å². The number of carbonyl (C=O) groups excluding carboxylic acids is 2. The third-order valence-electron chi connectivity index (χ3n) is 7.06. The monoisotopic (exact) mass is 519 g/mol. The van der Waals surface area contributed by atoms with Gasteiger partial charge in [-0.25, -0.2) is 4.39 Å². The Morgan fingerprint density at radius 3 is 2.29 bits per heavy atom. The first-order chi connectivity index (χ1) is 16.9. The van der Waals surface area contributed by atoms with Crippen LogP contribution in [0.1, 0.15) is 48.0 Å². The maximum atomic E-state index is 13.4. The Balaban J connectivity index is 1.33. The molecule has 2 amide bonds. The van der Waals surface area contributed by atoms with Gasteiger partial charge in [-0.1, -0.05) is 54.6 Å². The van der Waals surface area contributed by atoms with Gasteiger partial charge in [-0.2, -0.15) is 0 Å². The lowest BCUT2D eigenvalue weighted by Gasteiger charge is -2.36. The van der Waals surface area contributed by atoms with E-state index < -0.39 is 0 Å². The quantitative estimate of drug-likeness (QED) is 0.485. The predicted molar refractivity (Wildman–Crippen MR) is 137 cm³/mol. The third-order valence-corrected chi connectivity index (χ3v) is 7.61. The molecule has 2 fully saturated rings. The van der Waals surface area contributed by atoms with Crippen molar-refractivity contribution in [2.75, 3.05) is 39.3 Å². The van der Waals surface area contributed by atoms with Crippen LogP contribution in [0, 0.1) is 11.7 Å². The van der Waals surface area contributed by atoms with Crippen LogP contribution in [0.2, 0.25) is 10.0 Å². The second-order valence-corrected chi connectivity index (χ2v) is 10.3. The summed E-state index contributed by atoms with van der Waals surface area (Å²) >= 11 is 12.2. The van der Waals surface area contributed by atoms with Crippen molar-refractivity contribution >= 4 is 35.0 Å². The average Bonchev–Trinajstić information content (AvgIpc) is 2.88. The van der Waals surface area contributed by atoms with Crippen molar-refractivity contribution in [1.29, 1.82) is 0 Å². The van der Waals surface area contributed by atoms with Crippen LogP contribution >= 0.6 is 23.2 Å². The van der Waals surface area contributed by atoms with Gasteiger partial charge in [0.1, 0.15) is 5.82 Å². The molecule has 1 aliphatic heterocycles. The van der Waals surface area contributed by atoms with Crippen LogP contribution in [0.3, 0.4) is 0 Å². The first kappa shape index (κ1) is 25.9. The van der Waals surface area contributed by atoms with E-state index in [0.29, 0.717) is 41.8 Å². The minimum Gasteiger partial charge on any atom is -0.337 e. The fourth-order valence-corrected chi connectivity index (χ4v) is 5.44. The molecule has 0 spiro atoms. The summed E-state index contributed by atoms with van der Waals surface area (Å²) < 4.78 is 13.4. The zero-order chi connectivity index (χ0) is 24.8. The lowest BCUT2D eigenvalue weighted by molar-refractivity contribution is -0.137. The number of halogens is 3. The van der Waals surface area contributed by atoms with E-state index in [-0.39, 0.29) is 23.5 Å². The molecule has 0 radical (unpaired) electrons. The van der Waals surface area contributed by atoms with Crippen molar-refractivity contribution < 1.29 is 14.0 Å². The number of piperazine rings is 1. The van der Waals surface area contributed by atoms with Gasteiger partial charge < -0.3 is 9.80 Å². The molecule has 0 N–H and O–H groups in total. The molecule has 35 heavy (non-hydrogen) atoms. The molecule has 4 rings (SSSR count). The number of amides is 2. The van der Waals surface area contributed by atoms with Crippen LogP contribution in [0.15, 0.2) is 42.5 Å². The topological polar surface area (TPSA) is 43.9 Å². The maximum absolute atomic E-state index is 13.4. The van der Waals surface area contributed by atoms with Gasteiger partial charge in [0.15, 0.2) is 0 Å². The van der Waals surface area contributed by atoms with Gasteiger partial charge in [0.25, 0.3) is 5.91 Å². The SMILES string of the molecule is O=C(c1ccc(Cl)cc1Cl)N1CCN(CCN(Cc2ccc(F)cc2)C(=O)C2CCCCC2)CC1. The number of carbonyl (C=O) groups is 2. The first-order valence-corrected chi connectivity index (χ1v) is 13.2. The molecule has 0 aromatic heterocycles. The minimum atomic E-state index is -0.272. The number of hydrogen-bond acceptors (Lipinski definition) is 3. The van der Waals surface area contributed by atoms with Crippen LogP contribution in [0.4, 0.5) is 4.39 Å². The normalized spacial score (nSPS) is 17.4. The van der Waals surface area contributed by atoms with E-state index in [4.69, 9.17) is 23.2 Å². The highest BCUT2D eigenvalue weighted by Gasteiger charge is 2.28. The van der Waals surface area contributed by atoms with Gasteiger partial charge in [-0.05, 0) is 48.7 Å². The van der Waals surface area contributed by atoms with Gasteiger partial charge in [-0.3, -0.25) is 14.5 Å². The van der Waals surface area contributed by atoms with Gasteiger partial charge in [0.2, 0.25) is 5.91 Å². The molecular formula is C27H32Cl2FN3O2. The Morgan fingerprint density at radius 1 is 0.943 bits per heavy atom. The van der Waals surface area contributed by atoms with Crippen molar-refractivity contribution in [3.8, 4) is 0 Å². The van der Waals surface area contributed by atoms with E-state index in [1.54, 1.807) is 30.3 Å². The van der Waals surface area contributed by atoms with E-state index in [0.717, 1.165) is 50.9 Å². The van der Waals surface area contributed by atoms with Gasteiger partial charge in [0.05, 0.1) is 10.6 Å². The predicted octanol–water partition coefficient (Wildman–Crippen LogP) is 5.50. The highest BCUT2D eigenvalue weighted by atomic mass is 35.5. The van der Waals surface area contributed by atoms with E-state index in [9.17, 15) is 14.0 Å². The maximum Gasteiger partial charge on any atom is 0.255 e. The molecule has 1 saturated carbocycles. The van der Waals surface area contributed by atoms with Crippen LogP contribution in [0.25, 0.3) is 0 Å². The molecule has 0 bridgehead atoms. The fraction of sp³-hybridized carbons (Fsp3) is 0.481. The van der Waals surface area contributed by atoms with Gasteiger partial charge in [0, 0.05) is 56.8 Å². The smallest absolute Gasteiger partial charge is 0.255 e. The molecule has 2 aliphatic rings. The molecule has 1 heterocycles. The third kappa shape index (κ3) is 6.96. The zero-order valence-electron chi connectivity index (χ0n) is 19.9.